The number of nitrogens with one attached hydrogen (secondary N) is 1. The van der Waals surface area contributed by atoms with Crippen molar-refractivity contribution in [2.45, 2.75) is 13.0 Å². The van der Waals surface area contributed by atoms with Crippen LogP contribution in [0.5, 0.6) is 0 Å². The summed E-state index contributed by atoms with van der Waals surface area (Å²) >= 11 is 0. The Hall–Kier alpha value is -1.49. The standard InChI is InChI=1S/C7H12N4O/c1-5(10-7(8)11-9)6-3-2-4-12-6/h2-5H,9H2,1H3,(H3,8,10,11). The summed E-state index contributed by atoms with van der Waals surface area (Å²) < 4.78 is 5.11. The van der Waals surface area contributed by atoms with Crippen LogP contribution in [0.2, 0.25) is 0 Å². The van der Waals surface area contributed by atoms with E-state index in [1.807, 2.05) is 13.0 Å². The summed E-state index contributed by atoms with van der Waals surface area (Å²) in [6, 6.07) is 3.52. The number of hydrogen-bond donors (Lipinski definition) is 3. The van der Waals surface area contributed by atoms with Gasteiger partial charge in [-0.15, -0.1) is 0 Å². The molecule has 0 aliphatic heterocycles. The van der Waals surface area contributed by atoms with Crippen LogP contribution in [0, 0.1) is 0 Å². The first kappa shape index (κ1) is 8.61. The van der Waals surface area contributed by atoms with Crippen molar-refractivity contribution in [2.24, 2.45) is 16.6 Å². The predicted molar refractivity (Wildman–Crippen MR) is 46.1 cm³/mol. The van der Waals surface area contributed by atoms with E-state index in [2.05, 4.69) is 10.4 Å². The van der Waals surface area contributed by atoms with Crippen molar-refractivity contribution in [3.63, 3.8) is 0 Å². The molecule has 5 nitrogen and oxygen atoms in total. The van der Waals surface area contributed by atoms with Crippen LogP contribution in [-0.4, -0.2) is 5.96 Å². The Morgan fingerprint density at radius 3 is 3.00 bits per heavy atom. The van der Waals surface area contributed by atoms with Gasteiger partial charge in [0.1, 0.15) is 11.8 Å². The van der Waals surface area contributed by atoms with Gasteiger partial charge in [0.2, 0.25) is 5.96 Å². The number of hydrazine groups is 1. The lowest BCUT2D eigenvalue weighted by molar-refractivity contribution is 0.480. The number of aliphatic imine (C=N–C) groups is 1. The monoisotopic (exact) mass is 168 g/mol. The molecule has 5 N–H and O–H groups in total. The fourth-order valence-corrected chi connectivity index (χ4v) is 0.839. The minimum Gasteiger partial charge on any atom is -0.467 e. The molecule has 1 aromatic heterocycles. The molecule has 0 aliphatic carbocycles. The van der Waals surface area contributed by atoms with Gasteiger partial charge in [-0.2, -0.15) is 0 Å². The summed E-state index contributed by atoms with van der Waals surface area (Å²) in [5.41, 5.74) is 7.60. The van der Waals surface area contributed by atoms with Gasteiger partial charge in [-0.1, -0.05) is 0 Å². The lowest BCUT2D eigenvalue weighted by Crippen LogP contribution is -2.37. The maximum atomic E-state index is 5.35. The SMILES string of the molecule is CC(N=C(N)NN)c1ccco1. The van der Waals surface area contributed by atoms with E-state index in [1.165, 1.54) is 0 Å². The molecule has 5 heteroatoms. The minimum absolute atomic E-state index is 0.115. The van der Waals surface area contributed by atoms with E-state index in [-0.39, 0.29) is 12.0 Å². The van der Waals surface area contributed by atoms with Gasteiger partial charge in [-0.25, -0.2) is 10.8 Å². The molecule has 0 aliphatic rings. The maximum Gasteiger partial charge on any atom is 0.203 e. The van der Waals surface area contributed by atoms with Gasteiger partial charge in [-0.05, 0) is 19.1 Å². The average Bonchev–Trinajstić information content (AvgIpc) is 2.56. The zero-order valence-corrected chi connectivity index (χ0v) is 6.82. The van der Waals surface area contributed by atoms with Crippen LogP contribution < -0.4 is 17.0 Å². The van der Waals surface area contributed by atoms with E-state index < -0.39 is 0 Å². The number of guanidine groups is 1. The molecule has 1 heterocycles. The number of hydrogen-bond acceptors (Lipinski definition) is 3. The number of nitrogens with two attached hydrogens (primary N) is 2. The first-order chi connectivity index (χ1) is 5.74. The fraction of sp³-hybridized carbons (Fsp3) is 0.286. The Bertz CT molecular complexity index is 254. The minimum atomic E-state index is -0.115. The van der Waals surface area contributed by atoms with Gasteiger partial charge in [0.15, 0.2) is 0 Å². The third kappa shape index (κ3) is 2.00. The normalized spacial score (nSPS) is 14.3. The van der Waals surface area contributed by atoms with Crippen LogP contribution >= 0.6 is 0 Å². The molecule has 0 aromatic carbocycles. The molecule has 0 bridgehead atoms. The van der Waals surface area contributed by atoms with Crippen molar-refractivity contribution in [1.29, 1.82) is 0 Å². The van der Waals surface area contributed by atoms with E-state index in [0.717, 1.165) is 5.76 Å². The molecule has 0 saturated carbocycles. The van der Waals surface area contributed by atoms with Crippen molar-refractivity contribution in [2.75, 3.05) is 0 Å². The summed E-state index contributed by atoms with van der Waals surface area (Å²) in [5.74, 6) is 5.99. The first-order valence-corrected chi connectivity index (χ1v) is 3.57. The van der Waals surface area contributed by atoms with Crippen LogP contribution in [0.15, 0.2) is 27.8 Å². The van der Waals surface area contributed by atoms with Gasteiger partial charge >= 0.3 is 0 Å². The maximum absolute atomic E-state index is 5.35. The second-order valence-corrected chi connectivity index (χ2v) is 2.35. The lowest BCUT2D eigenvalue weighted by Gasteiger charge is -2.03. The zero-order chi connectivity index (χ0) is 8.97. The Kier molecular flexibility index (Phi) is 2.71. The van der Waals surface area contributed by atoms with Crippen molar-refractivity contribution < 1.29 is 4.42 Å². The van der Waals surface area contributed by atoms with Crippen LogP contribution in [-0.2, 0) is 0 Å². The van der Waals surface area contributed by atoms with E-state index in [4.69, 9.17) is 16.0 Å². The Morgan fingerprint density at radius 2 is 2.50 bits per heavy atom. The second kappa shape index (κ2) is 3.77. The smallest absolute Gasteiger partial charge is 0.203 e. The van der Waals surface area contributed by atoms with Gasteiger partial charge in [-0.3, -0.25) is 5.43 Å². The lowest BCUT2D eigenvalue weighted by atomic mass is 10.3. The van der Waals surface area contributed by atoms with Crippen molar-refractivity contribution >= 4 is 5.96 Å². The summed E-state index contributed by atoms with van der Waals surface area (Å²) in [7, 11) is 0. The van der Waals surface area contributed by atoms with Crippen molar-refractivity contribution in [3.8, 4) is 0 Å². The summed E-state index contributed by atoms with van der Waals surface area (Å²) in [5, 5.41) is 0. The molecule has 1 unspecified atom stereocenters. The van der Waals surface area contributed by atoms with Gasteiger partial charge in [0.25, 0.3) is 0 Å². The van der Waals surface area contributed by atoms with E-state index >= 15 is 0 Å². The first-order valence-electron chi connectivity index (χ1n) is 3.57. The number of furan rings is 1. The van der Waals surface area contributed by atoms with Crippen LogP contribution in [0.25, 0.3) is 0 Å². The quantitative estimate of drug-likeness (QED) is 0.253. The Labute approximate surface area is 70.4 Å². The molecule has 0 fully saturated rings. The van der Waals surface area contributed by atoms with Crippen LogP contribution in [0.1, 0.15) is 18.7 Å². The molecule has 1 atom stereocenters. The van der Waals surface area contributed by atoms with Crippen molar-refractivity contribution in [1.82, 2.24) is 5.43 Å². The summed E-state index contributed by atoms with van der Waals surface area (Å²) in [4.78, 5) is 4.00. The molecule has 0 spiro atoms. The molecular weight excluding hydrogens is 156 g/mol. The molecular formula is C7H12N4O. The van der Waals surface area contributed by atoms with Gasteiger partial charge in [0, 0.05) is 0 Å². The summed E-state index contributed by atoms with van der Waals surface area (Å²) in [6.45, 7) is 1.86. The van der Waals surface area contributed by atoms with E-state index in [1.54, 1.807) is 12.3 Å². The number of rotatable bonds is 2. The summed E-state index contributed by atoms with van der Waals surface area (Å²) in [6.07, 6.45) is 1.59. The Balaban J connectivity index is 2.66. The highest BCUT2D eigenvalue weighted by Crippen LogP contribution is 2.15. The fourth-order valence-electron chi connectivity index (χ4n) is 0.839. The zero-order valence-electron chi connectivity index (χ0n) is 6.82. The third-order valence-corrected chi connectivity index (χ3v) is 1.44. The van der Waals surface area contributed by atoms with Gasteiger partial charge < -0.3 is 10.2 Å². The van der Waals surface area contributed by atoms with Crippen LogP contribution in [0.3, 0.4) is 0 Å². The van der Waals surface area contributed by atoms with Gasteiger partial charge in [0.05, 0.1) is 6.26 Å². The molecule has 0 radical (unpaired) electrons. The highest BCUT2D eigenvalue weighted by atomic mass is 16.3. The molecule has 66 valence electrons. The number of nitrogens with zero attached hydrogens (tertiary/aromatic N) is 1. The highest BCUT2D eigenvalue weighted by molar-refractivity contribution is 5.77. The third-order valence-electron chi connectivity index (χ3n) is 1.44. The second-order valence-electron chi connectivity index (χ2n) is 2.35. The molecule has 0 saturated heterocycles. The van der Waals surface area contributed by atoms with E-state index in [9.17, 15) is 0 Å². The molecule has 12 heavy (non-hydrogen) atoms. The van der Waals surface area contributed by atoms with Crippen molar-refractivity contribution in [3.05, 3.63) is 24.2 Å². The highest BCUT2D eigenvalue weighted by Gasteiger charge is 2.05. The predicted octanol–water partition coefficient (Wildman–Crippen LogP) is 0.119. The van der Waals surface area contributed by atoms with E-state index in [0.29, 0.717) is 0 Å². The average molecular weight is 168 g/mol. The van der Waals surface area contributed by atoms with Crippen LogP contribution in [0.4, 0.5) is 0 Å². The largest absolute Gasteiger partial charge is 0.467 e. The Morgan fingerprint density at radius 1 is 1.75 bits per heavy atom. The molecule has 1 aromatic rings. The molecule has 0 amide bonds. The molecule has 1 rings (SSSR count). The topological polar surface area (TPSA) is 89.6 Å².